The van der Waals surface area contributed by atoms with Gasteiger partial charge in [-0.15, -0.1) is 11.6 Å². The number of phenols is 1. The molecule has 10 heteroatoms. The third-order valence-electron chi connectivity index (χ3n) is 6.85. The first-order valence-corrected chi connectivity index (χ1v) is 13.2. The minimum atomic E-state index is -0.885. The van der Waals surface area contributed by atoms with Crippen molar-refractivity contribution in [2.45, 2.75) is 25.1 Å². The van der Waals surface area contributed by atoms with Crippen molar-refractivity contribution in [3.05, 3.63) is 80.2 Å². The number of carbonyl (C=O) groups is 2. The number of rotatable bonds is 8. The molecule has 1 aliphatic rings. The van der Waals surface area contributed by atoms with E-state index >= 15 is 0 Å². The summed E-state index contributed by atoms with van der Waals surface area (Å²) in [6.07, 6.45) is 0. The average molecular weight is 655 g/mol. The van der Waals surface area contributed by atoms with Crippen molar-refractivity contribution in [2.24, 2.45) is 0 Å². The summed E-state index contributed by atoms with van der Waals surface area (Å²) >= 11 is 6.58. The molecule has 0 fully saturated rings. The van der Waals surface area contributed by atoms with E-state index in [4.69, 9.17) is 21.4 Å². The van der Waals surface area contributed by atoms with Crippen LogP contribution in [0.25, 0.3) is 21.7 Å². The van der Waals surface area contributed by atoms with E-state index in [2.05, 4.69) is 11.9 Å². The maximum absolute atomic E-state index is 13.7. The molecule has 0 bridgehead atoms. The van der Waals surface area contributed by atoms with Crippen molar-refractivity contribution in [2.75, 3.05) is 38.2 Å². The van der Waals surface area contributed by atoms with Crippen molar-refractivity contribution >= 4 is 50.8 Å². The van der Waals surface area contributed by atoms with Crippen LogP contribution in [0.5, 0.6) is 11.5 Å². The SMILES string of the molecule is C[C@@H](Cl)[C@@H]1CN(C(=O)c2cc3cc(OCCN(C)CC(=O)O)ccc3[nH]2)c2cc(O)c3ccccc3c21.[CH2-]C.[CH3-].[Y]. The number of nitrogens with one attached hydrogen (secondary N) is 1. The number of H-pyrrole nitrogens is 1. The van der Waals surface area contributed by atoms with Gasteiger partial charge in [-0.25, -0.2) is 0 Å². The van der Waals surface area contributed by atoms with Crippen LogP contribution in [0.1, 0.15) is 35.8 Å². The van der Waals surface area contributed by atoms with Crippen molar-refractivity contribution in [3.63, 3.8) is 0 Å². The van der Waals surface area contributed by atoms with Gasteiger partial charge in [-0.05, 0) is 49.2 Å². The molecule has 3 N–H and O–H groups in total. The van der Waals surface area contributed by atoms with Gasteiger partial charge in [0.1, 0.15) is 23.8 Å². The van der Waals surface area contributed by atoms with Crippen LogP contribution in [-0.4, -0.2) is 70.6 Å². The molecule has 3 aromatic carbocycles. The van der Waals surface area contributed by atoms with E-state index in [1.54, 1.807) is 35.9 Å². The number of nitrogens with zero attached hydrogens (tertiary/aromatic N) is 2. The molecule has 0 aliphatic carbocycles. The van der Waals surface area contributed by atoms with E-state index in [1.807, 2.05) is 49.4 Å². The molecule has 8 nitrogen and oxygen atoms in total. The Balaban J connectivity index is 0.00000144. The fourth-order valence-corrected chi connectivity index (χ4v) is 5.23. The molecular weight excluding hydrogens is 619 g/mol. The summed E-state index contributed by atoms with van der Waals surface area (Å²) in [7, 11) is 1.72. The minimum Gasteiger partial charge on any atom is -0.507 e. The van der Waals surface area contributed by atoms with Crippen molar-refractivity contribution in [1.29, 1.82) is 0 Å². The standard InChI is InChI=1S/C28H28ClN3O5.C2H5.CH3.Y/c1-16(29)21-14-32(24-13-25(33)19-5-3-4-6-20(19)27(21)24)28(36)23-12-17-11-18(7-8-22(17)30-23)37-10-9-31(2)15-26(34)35;1-2;;/h3-8,11-13,16,21,30,33H,9-10,14-15H2,1-2H3,(H,34,35);1H2,2H3;1H3;/q;2*-1;/t16-,21+;;;/m1.../s1. The Labute approximate surface area is 271 Å². The number of likely N-dealkylation sites (N-methyl/N-ethyl adjacent to an activating group) is 1. The number of aromatic hydroxyl groups is 1. The molecular formula is C31H36ClN3O5Y-2. The van der Waals surface area contributed by atoms with Crippen LogP contribution in [0.15, 0.2) is 54.6 Å². The van der Waals surface area contributed by atoms with Gasteiger partial charge in [0.15, 0.2) is 0 Å². The van der Waals surface area contributed by atoms with Crippen LogP contribution in [0.3, 0.4) is 0 Å². The first kappa shape index (κ1) is 34.6. The fourth-order valence-electron chi connectivity index (χ4n) is 5.02. The van der Waals surface area contributed by atoms with Crippen LogP contribution in [-0.2, 0) is 37.5 Å². The number of hydrogen-bond donors (Lipinski definition) is 3. The quantitative estimate of drug-likeness (QED) is 0.157. The molecule has 1 aliphatic heterocycles. The number of ether oxygens (including phenoxy) is 1. The summed E-state index contributed by atoms with van der Waals surface area (Å²) in [5, 5.41) is 21.8. The zero-order chi connectivity index (χ0) is 28.3. The first-order valence-electron chi connectivity index (χ1n) is 12.8. The molecule has 2 atom stereocenters. The van der Waals surface area contributed by atoms with Gasteiger partial charge in [0.2, 0.25) is 0 Å². The summed E-state index contributed by atoms with van der Waals surface area (Å²) in [5.41, 5.74) is 2.87. The number of alkyl halides is 1. The number of aliphatic carboxylic acids is 1. The predicted molar refractivity (Wildman–Crippen MR) is 162 cm³/mol. The number of fused-ring (bicyclic) bond motifs is 4. The van der Waals surface area contributed by atoms with Crippen LogP contribution in [0.2, 0.25) is 0 Å². The van der Waals surface area contributed by atoms with Gasteiger partial charge >= 0.3 is 5.97 Å². The molecule has 1 amide bonds. The molecule has 1 aromatic heterocycles. The number of amides is 1. The molecule has 217 valence electrons. The number of halogens is 1. The van der Waals surface area contributed by atoms with Gasteiger partial charge in [-0.1, -0.05) is 24.3 Å². The van der Waals surface area contributed by atoms with E-state index in [0.717, 1.165) is 27.2 Å². The smallest absolute Gasteiger partial charge is 0.317 e. The second-order valence-electron chi connectivity index (χ2n) is 9.49. The van der Waals surface area contributed by atoms with Crippen molar-refractivity contribution < 1.29 is 57.2 Å². The molecule has 4 aromatic rings. The van der Waals surface area contributed by atoms with E-state index in [0.29, 0.717) is 36.8 Å². The number of phenolic OH excluding ortho intramolecular Hbond substituents is 1. The number of aromatic nitrogens is 1. The Morgan fingerprint density at radius 1 is 1.17 bits per heavy atom. The van der Waals surface area contributed by atoms with E-state index in [1.165, 1.54) is 0 Å². The van der Waals surface area contributed by atoms with Gasteiger partial charge in [0.05, 0.1) is 12.2 Å². The van der Waals surface area contributed by atoms with Gasteiger partial charge in [-0.3, -0.25) is 14.5 Å². The Morgan fingerprint density at radius 3 is 2.51 bits per heavy atom. The first-order chi connectivity index (χ1) is 18.7. The zero-order valence-corrected chi connectivity index (χ0v) is 27.4. The Morgan fingerprint density at radius 2 is 1.85 bits per heavy atom. The normalized spacial score (nSPS) is 14.5. The van der Waals surface area contributed by atoms with E-state index < -0.39 is 5.97 Å². The molecule has 0 unspecified atom stereocenters. The Kier molecular flexibility index (Phi) is 12.6. The van der Waals surface area contributed by atoms with Crippen LogP contribution in [0.4, 0.5) is 5.69 Å². The number of hydrogen-bond acceptors (Lipinski definition) is 5. The molecule has 5 rings (SSSR count). The molecule has 1 radical (unpaired) electrons. The van der Waals surface area contributed by atoms with Gasteiger partial charge in [-0.2, -0.15) is 6.92 Å². The predicted octanol–water partition coefficient (Wildman–Crippen LogP) is 6.08. The van der Waals surface area contributed by atoms with E-state index in [9.17, 15) is 14.7 Å². The number of anilines is 1. The molecule has 2 heterocycles. The maximum atomic E-state index is 13.7. The Bertz CT molecular complexity index is 1510. The Hall–Kier alpha value is -2.65. The molecule has 0 saturated heterocycles. The van der Waals surface area contributed by atoms with Crippen molar-refractivity contribution in [1.82, 2.24) is 9.88 Å². The van der Waals surface area contributed by atoms with Gasteiger partial charge in [0, 0.05) is 79.4 Å². The second-order valence-corrected chi connectivity index (χ2v) is 10.2. The summed E-state index contributed by atoms with van der Waals surface area (Å²) in [6, 6.07) is 16.6. The number of carboxylic acids is 1. The van der Waals surface area contributed by atoms with Crippen LogP contribution >= 0.6 is 11.6 Å². The van der Waals surface area contributed by atoms with E-state index in [-0.39, 0.29) is 69.6 Å². The number of aromatic amines is 1. The van der Waals surface area contributed by atoms with Crippen molar-refractivity contribution in [3.8, 4) is 11.5 Å². The molecule has 0 spiro atoms. The summed E-state index contributed by atoms with van der Waals surface area (Å²) < 4.78 is 5.79. The number of carboxylic acid groups (broad SMARTS) is 1. The van der Waals surface area contributed by atoms with Crippen LogP contribution in [0, 0.1) is 14.4 Å². The minimum absolute atomic E-state index is 0. The third-order valence-corrected chi connectivity index (χ3v) is 7.16. The third kappa shape index (κ3) is 7.41. The zero-order valence-electron chi connectivity index (χ0n) is 23.9. The molecule has 0 saturated carbocycles. The van der Waals surface area contributed by atoms with Crippen LogP contribution < -0.4 is 9.64 Å². The number of carbonyl (C=O) groups excluding carboxylic acids is 1. The number of benzene rings is 3. The van der Waals surface area contributed by atoms with Gasteiger partial charge < -0.3 is 39.2 Å². The summed E-state index contributed by atoms with van der Waals surface area (Å²) in [6.45, 7) is 8.10. The summed E-state index contributed by atoms with van der Waals surface area (Å²) in [4.78, 5) is 31.1. The largest absolute Gasteiger partial charge is 0.507 e. The average Bonchev–Trinajstić information content (AvgIpc) is 3.51. The molecule has 41 heavy (non-hydrogen) atoms. The maximum Gasteiger partial charge on any atom is 0.317 e. The fraction of sp³-hybridized carbons (Fsp3) is 0.290. The van der Waals surface area contributed by atoms with Gasteiger partial charge in [0.25, 0.3) is 5.91 Å². The second kappa shape index (κ2) is 15.0. The topological polar surface area (TPSA) is 106 Å². The monoisotopic (exact) mass is 654 g/mol. The summed E-state index contributed by atoms with van der Waals surface area (Å²) in [5.74, 6) is -0.403.